The summed E-state index contributed by atoms with van der Waals surface area (Å²) in [4.78, 5) is 22.7. The molecular formula is C42H81N2O6P. The Kier molecular flexibility index (Phi) is 37.5. The van der Waals surface area contributed by atoms with Crippen LogP contribution in [0, 0.1) is 0 Å². The maximum Gasteiger partial charge on any atom is 0.472 e. The number of rotatable bonds is 39. The molecule has 1 amide bonds. The molecule has 0 aliphatic carbocycles. The molecule has 0 rings (SSSR count). The first-order valence-electron chi connectivity index (χ1n) is 21.1. The van der Waals surface area contributed by atoms with Gasteiger partial charge in [-0.05, 0) is 51.4 Å². The van der Waals surface area contributed by atoms with E-state index in [1.165, 1.54) is 103 Å². The second-order valence-electron chi connectivity index (χ2n) is 14.2. The summed E-state index contributed by atoms with van der Waals surface area (Å²) in [5, 5.41) is 13.7. The highest BCUT2D eigenvalue weighted by Crippen LogP contribution is 2.43. The third kappa shape index (κ3) is 36.9. The van der Waals surface area contributed by atoms with E-state index in [-0.39, 0.29) is 25.7 Å². The number of carbonyl (C=O) groups is 1. The molecule has 5 N–H and O–H groups in total. The number of aliphatic hydroxyl groups is 1. The van der Waals surface area contributed by atoms with Crippen molar-refractivity contribution in [2.24, 2.45) is 5.73 Å². The van der Waals surface area contributed by atoms with Crippen LogP contribution in [0.5, 0.6) is 0 Å². The predicted molar refractivity (Wildman–Crippen MR) is 217 cm³/mol. The van der Waals surface area contributed by atoms with Gasteiger partial charge >= 0.3 is 7.82 Å². The van der Waals surface area contributed by atoms with E-state index < -0.39 is 20.0 Å². The lowest BCUT2D eigenvalue weighted by Gasteiger charge is -2.25. The van der Waals surface area contributed by atoms with Gasteiger partial charge in [0.05, 0.1) is 25.4 Å². The van der Waals surface area contributed by atoms with Crippen molar-refractivity contribution in [2.75, 3.05) is 19.8 Å². The third-order valence-electron chi connectivity index (χ3n) is 9.25. The van der Waals surface area contributed by atoms with Crippen LogP contribution in [0.15, 0.2) is 36.5 Å². The van der Waals surface area contributed by atoms with Crippen molar-refractivity contribution in [1.29, 1.82) is 0 Å². The summed E-state index contributed by atoms with van der Waals surface area (Å²) >= 11 is 0. The molecule has 0 saturated heterocycles. The Morgan fingerprint density at radius 3 is 1.57 bits per heavy atom. The Morgan fingerprint density at radius 2 is 1.08 bits per heavy atom. The van der Waals surface area contributed by atoms with E-state index >= 15 is 0 Å². The highest BCUT2D eigenvalue weighted by atomic mass is 31.2. The number of phosphoric acid groups is 1. The number of nitrogens with one attached hydrogen (secondary N) is 1. The average molecular weight is 741 g/mol. The Bertz CT molecular complexity index is 897. The van der Waals surface area contributed by atoms with Crippen LogP contribution in [-0.4, -0.2) is 47.8 Å². The van der Waals surface area contributed by atoms with Crippen LogP contribution in [0.4, 0.5) is 0 Å². The monoisotopic (exact) mass is 741 g/mol. The zero-order valence-corrected chi connectivity index (χ0v) is 34.0. The van der Waals surface area contributed by atoms with Gasteiger partial charge < -0.3 is 21.1 Å². The molecule has 0 bridgehead atoms. The number of unbranched alkanes of at least 4 members (excludes halogenated alkanes) is 21. The van der Waals surface area contributed by atoms with E-state index in [2.05, 4.69) is 55.6 Å². The van der Waals surface area contributed by atoms with Crippen molar-refractivity contribution in [3.63, 3.8) is 0 Å². The largest absolute Gasteiger partial charge is 0.472 e. The maximum absolute atomic E-state index is 12.7. The fraction of sp³-hybridized carbons (Fsp3) is 0.833. The van der Waals surface area contributed by atoms with Gasteiger partial charge in [-0.25, -0.2) is 4.57 Å². The number of hydrogen-bond donors (Lipinski definition) is 4. The fourth-order valence-corrected chi connectivity index (χ4v) is 6.78. The molecule has 8 nitrogen and oxygen atoms in total. The zero-order valence-electron chi connectivity index (χ0n) is 33.1. The summed E-state index contributed by atoms with van der Waals surface area (Å²) in [5.74, 6) is -0.176. The van der Waals surface area contributed by atoms with Gasteiger partial charge in [-0.1, -0.05) is 172 Å². The van der Waals surface area contributed by atoms with E-state index in [1.54, 1.807) is 0 Å². The van der Waals surface area contributed by atoms with Crippen LogP contribution < -0.4 is 11.1 Å². The molecule has 0 aromatic heterocycles. The minimum absolute atomic E-state index is 0.0856. The van der Waals surface area contributed by atoms with Crippen LogP contribution in [0.1, 0.15) is 194 Å². The zero-order chi connectivity index (χ0) is 37.5. The van der Waals surface area contributed by atoms with E-state index in [1.807, 2.05) is 0 Å². The molecule has 0 fully saturated rings. The second-order valence-corrected chi connectivity index (χ2v) is 15.7. The molecular weight excluding hydrogens is 659 g/mol. The molecule has 9 heteroatoms. The lowest BCUT2D eigenvalue weighted by atomic mass is 10.0. The van der Waals surface area contributed by atoms with Crippen LogP contribution in [-0.2, 0) is 18.4 Å². The minimum Gasteiger partial charge on any atom is -0.391 e. The van der Waals surface area contributed by atoms with Crippen LogP contribution in [0.25, 0.3) is 0 Å². The highest BCUT2D eigenvalue weighted by Gasteiger charge is 2.27. The smallest absolute Gasteiger partial charge is 0.391 e. The quantitative estimate of drug-likeness (QED) is 0.0280. The Balaban J connectivity index is 4.16. The van der Waals surface area contributed by atoms with Gasteiger partial charge in [0.15, 0.2) is 0 Å². The Morgan fingerprint density at radius 1 is 0.647 bits per heavy atom. The Hall–Kier alpha value is -1.28. The lowest BCUT2D eigenvalue weighted by Crippen LogP contribution is -2.46. The maximum atomic E-state index is 12.7. The standard InChI is InChI=1S/C42H81N2O6P/c1-3-5-7-9-11-13-15-16-17-18-19-20-21-22-23-24-26-28-30-32-34-36-42(46)44-40(39-50-51(47,48)49-38-37-43)41(45)35-33-31-29-27-25-14-12-10-8-6-4-2/h15-16,18-19,21-22,40-41,45H,3-14,17,20,23-39,43H2,1-2H3,(H,44,46)(H,47,48)/b16-15-,19-18-,22-21-. The summed E-state index contributed by atoms with van der Waals surface area (Å²) in [6.45, 7) is 4.17. The summed E-state index contributed by atoms with van der Waals surface area (Å²) in [6.07, 6.45) is 44.3. The summed E-state index contributed by atoms with van der Waals surface area (Å²) < 4.78 is 22.1. The van der Waals surface area contributed by atoms with E-state index in [4.69, 9.17) is 14.8 Å². The first-order valence-corrected chi connectivity index (χ1v) is 22.6. The minimum atomic E-state index is -4.31. The van der Waals surface area contributed by atoms with Crippen LogP contribution >= 0.6 is 7.82 Å². The number of hydrogen-bond acceptors (Lipinski definition) is 6. The van der Waals surface area contributed by atoms with Crippen molar-refractivity contribution < 1.29 is 28.4 Å². The normalized spacial score (nSPS) is 14.5. The highest BCUT2D eigenvalue weighted by molar-refractivity contribution is 7.47. The number of aliphatic hydroxyl groups excluding tert-OH is 1. The van der Waals surface area contributed by atoms with E-state index in [0.29, 0.717) is 12.8 Å². The number of nitrogens with two attached hydrogens (primary N) is 1. The molecule has 0 aromatic rings. The van der Waals surface area contributed by atoms with Gasteiger partial charge in [0.1, 0.15) is 0 Å². The van der Waals surface area contributed by atoms with Crippen LogP contribution in [0.2, 0.25) is 0 Å². The molecule has 0 saturated carbocycles. The molecule has 3 unspecified atom stereocenters. The number of amides is 1. The van der Waals surface area contributed by atoms with E-state index in [9.17, 15) is 19.4 Å². The topological polar surface area (TPSA) is 131 Å². The fourth-order valence-electron chi connectivity index (χ4n) is 6.02. The SMILES string of the molecule is CCCCCCC/C=C\C/C=C\C/C=C\CCCCCCCCC(=O)NC(COP(=O)(O)OCCN)C(O)CCCCCCCCCCCCC. The number of allylic oxidation sites excluding steroid dienone is 6. The summed E-state index contributed by atoms with van der Waals surface area (Å²) in [7, 11) is -4.31. The summed E-state index contributed by atoms with van der Waals surface area (Å²) in [6, 6.07) is -0.780. The second kappa shape index (κ2) is 38.4. The first kappa shape index (κ1) is 49.7. The first-order chi connectivity index (χ1) is 24.9. The molecule has 0 radical (unpaired) electrons. The molecule has 0 aromatic carbocycles. The van der Waals surface area contributed by atoms with Gasteiger partial charge in [0, 0.05) is 13.0 Å². The third-order valence-corrected chi connectivity index (χ3v) is 10.2. The van der Waals surface area contributed by atoms with Gasteiger partial charge in [-0.2, -0.15) is 0 Å². The van der Waals surface area contributed by atoms with E-state index in [0.717, 1.165) is 64.2 Å². The molecule has 0 aliphatic heterocycles. The van der Waals surface area contributed by atoms with Gasteiger partial charge in [0.25, 0.3) is 0 Å². The lowest BCUT2D eigenvalue weighted by molar-refractivity contribution is -0.123. The van der Waals surface area contributed by atoms with Crippen molar-refractivity contribution in [1.82, 2.24) is 5.32 Å². The van der Waals surface area contributed by atoms with Crippen molar-refractivity contribution in [2.45, 2.75) is 206 Å². The van der Waals surface area contributed by atoms with Crippen molar-refractivity contribution in [3.8, 4) is 0 Å². The molecule has 0 heterocycles. The predicted octanol–water partition coefficient (Wildman–Crippen LogP) is 11.6. The van der Waals surface area contributed by atoms with Gasteiger partial charge in [0.2, 0.25) is 5.91 Å². The van der Waals surface area contributed by atoms with Gasteiger partial charge in [-0.3, -0.25) is 13.8 Å². The van der Waals surface area contributed by atoms with Crippen molar-refractivity contribution in [3.05, 3.63) is 36.5 Å². The number of carbonyl (C=O) groups excluding carboxylic acids is 1. The Labute approximate surface area is 314 Å². The summed E-state index contributed by atoms with van der Waals surface area (Å²) in [5.41, 5.74) is 5.37. The van der Waals surface area contributed by atoms with Crippen LogP contribution in [0.3, 0.4) is 0 Å². The molecule has 51 heavy (non-hydrogen) atoms. The van der Waals surface area contributed by atoms with Gasteiger partial charge in [-0.15, -0.1) is 0 Å². The average Bonchev–Trinajstić information content (AvgIpc) is 3.12. The molecule has 0 spiro atoms. The molecule has 300 valence electrons. The van der Waals surface area contributed by atoms with Crippen molar-refractivity contribution >= 4 is 13.7 Å². The number of phosphoric ester groups is 1. The molecule has 3 atom stereocenters. The molecule has 0 aliphatic rings.